The molecule has 1 aliphatic heterocycles. The van der Waals surface area contributed by atoms with Crippen LogP contribution in [0.1, 0.15) is 10.4 Å². The molecule has 4 nitrogen and oxygen atoms in total. The van der Waals surface area contributed by atoms with E-state index in [4.69, 9.17) is 0 Å². The highest BCUT2D eigenvalue weighted by molar-refractivity contribution is 7.95. The Morgan fingerprint density at radius 2 is 1.71 bits per heavy atom. The molecule has 1 amide bonds. The van der Waals surface area contributed by atoms with Crippen LogP contribution < -0.4 is 4.31 Å². The summed E-state index contributed by atoms with van der Waals surface area (Å²) in [6.45, 7) is 0. The first-order chi connectivity index (χ1) is 10.1. The van der Waals surface area contributed by atoms with Crippen molar-refractivity contribution in [3.8, 4) is 0 Å². The number of carbonyl (C=O) groups is 1. The third-order valence-corrected chi connectivity index (χ3v) is 6.58. The molecule has 1 aliphatic rings. The van der Waals surface area contributed by atoms with Crippen LogP contribution in [-0.4, -0.2) is 14.3 Å². The Bertz CT molecular complexity index is 970. The first-order valence-electron chi connectivity index (χ1n) is 6.25. The second-order valence-electron chi connectivity index (χ2n) is 4.69. The summed E-state index contributed by atoms with van der Waals surface area (Å²) in [5.41, 5.74) is 0.865. The van der Waals surface area contributed by atoms with E-state index in [-0.39, 0.29) is 4.21 Å². The van der Waals surface area contributed by atoms with Crippen molar-refractivity contribution in [2.24, 2.45) is 0 Å². The average Bonchev–Trinajstić information content (AvgIpc) is 3.09. The molecule has 2 aromatic carbocycles. The topological polar surface area (TPSA) is 54.5 Å². The lowest BCUT2D eigenvalue weighted by molar-refractivity contribution is 0.101. The van der Waals surface area contributed by atoms with Gasteiger partial charge in [-0.2, -0.15) is 12.7 Å². The lowest BCUT2D eigenvalue weighted by Crippen LogP contribution is -2.33. The Hall–Kier alpha value is -2.18. The zero-order valence-corrected chi connectivity index (χ0v) is 12.3. The van der Waals surface area contributed by atoms with Crippen LogP contribution in [0.2, 0.25) is 0 Å². The minimum Gasteiger partial charge on any atom is -0.268 e. The fraction of sp³-hybridized carbons (Fsp3) is 0. The van der Waals surface area contributed by atoms with Gasteiger partial charge in [0.05, 0.1) is 11.3 Å². The quantitative estimate of drug-likeness (QED) is 0.729. The second kappa shape index (κ2) is 4.16. The zero-order chi connectivity index (χ0) is 14.6. The maximum atomic E-state index is 12.7. The summed E-state index contributed by atoms with van der Waals surface area (Å²) in [4.78, 5) is 12.6. The van der Waals surface area contributed by atoms with Crippen LogP contribution in [0.25, 0.3) is 10.8 Å². The molecule has 0 atom stereocenters. The molecule has 0 radical (unpaired) electrons. The molecular formula is C15H9NO3S2. The van der Waals surface area contributed by atoms with E-state index in [1.54, 1.807) is 35.7 Å². The Labute approximate surface area is 125 Å². The monoisotopic (exact) mass is 315 g/mol. The van der Waals surface area contributed by atoms with Crippen molar-refractivity contribution in [1.82, 2.24) is 0 Å². The molecule has 0 fully saturated rings. The van der Waals surface area contributed by atoms with Crippen molar-refractivity contribution in [2.45, 2.75) is 4.21 Å². The summed E-state index contributed by atoms with van der Waals surface area (Å²) in [5.74, 6) is -0.491. The van der Waals surface area contributed by atoms with Gasteiger partial charge in [-0.1, -0.05) is 30.3 Å². The Balaban J connectivity index is 2.03. The van der Waals surface area contributed by atoms with Gasteiger partial charge in [0.1, 0.15) is 4.21 Å². The molecule has 0 saturated heterocycles. The molecule has 4 rings (SSSR count). The van der Waals surface area contributed by atoms with Gasteiger partial charge < -0.3 is 0 Å². The number of hydrogen-bond acceptors (Lipinski definition) is 4. The summed E-state index contributed by atoms with van der Waals surface area (Å²) in [5, 5.41) is 3.24. The Morgan fingerprint density at radius 3 is 2.43 bits per heavy atom. The fourth-order valence-electron chi connectivity index (χ4n) is 2.63. The second-order valence-corrected chi connectivity index (χ2v) is 7.65. The molecule has 21 heavy (non-hydrogen) atoms. The van der Waals surface area contributed by atoms with Gasteiger partial charge in [0.15, 0.2) is 0 Å². The highest BCUT2D eigenvalue weighted by Gasteiger charge is 2.39. The molecule has 0 N–H and O–H groups in total. The van der Waals surface area contributed by atoms with E-state index in [1.807, 2.05) is 12.1 Å². The van der Waals surface area contributed by atoms with E-state index in [0.29, 0.717) is 16.6 Å². The Kier molecular flexibility index (Phi) is 2.49. The summed E-state index contributed by atoms with van der Waals surface area (Å²) in [6, 6.07) is 13.8. The standard InChI is InChI=1S/C15H9NO3S2/c17-15-11-6-1-4-10-5-2-7-12(14(10)11)16(15)21(18,19)13-8-3-9-20-13/h1-9H. The van der Waals surface area contributed by atoms with Crippen LogP contribution in [0.15, 0.2) is 58.1 Å². The molecular weight excluding hydrogens is 306 g/mol. The van der Waals surface area contributed by atoms with Gasteiger partial charge in [-0.25, -0.2) is 0 Å². The first-order valence-corrected chi connectivity index (χ1v) is 8.57. The van der Waals surface area contributed by atoms with E-state index >= 15 is 0 Å². The maximum Gasteiger partial charge on any atom is 0.280 e. The molecule has 0 aliphatic carbocycles. The van der Waals surface area contributed by atoms with Crippen LogP contribution in [0.4, 0.5) is 5.69 Å². The number of nitrogens with zero attached hydrogens (tertiary/aromatic N) is 1. The van der Waals surface area contributed by atoms with Gasteiger partial charge in [0.25, 0.3) is 15.9 Å². The van der Waals surface area contributed by atoms with Crippen molar-refractivity contribution in [3.63, 3.8) is 0 Å². The van der Waals surface area contributed by atoms with Crippen LogP contribution in [0.5, 0.6) is 0 Å². The van der Waals surface area contributed by atoms with E-state index in [2.05, 4.69) is 0 Å². The van der Waals surface area contributed by atoms with E-state index in [0.717, 1.165) is 21.0 Å². The number of amides is 1. The van der Waals surface area contributed by atoms with Crippen molar-refractivity contribution in [3.05, 3.63) is 59.5 Å². The first kappa shape index (κ1) is 12.6. The van der Waals surface area contributed by atoms with Crippen LogP contribution in [-0.2, 0) is 10.0 Å². The van der Waals surface area contributed by atoms with Gasteiger partial charge in [0, 0.05) is 5.39 Å². The average molecular weight is 315 g/mol. The molecule has 0 bridgehead atoms. The minimum absolute atomic E-state index is 0.167. The van der Waals surface area contributed by atoms with Crippen molar-refractivity contribution in [2.75, 3.05) is 4.31 Å². The minimum atomic E-state index is -3.86. The number of sulfonamides is 1. The lowest BCUT2D eigenvalue weighted by Gasteiger charge is -2.16. The van der Waals surface area contributed by atoms with E-state index in [9.17, 15) is 13.2 Å². The van der Waals surface area contributed by atoms with E-state index in [1.165, 1.54) is 6.07 Å². The van der Waals surface area contributed by atoms with Crippen LogP contribution >= 0.6 is 11.3 Å². The van der Waals surface area contributed by atoms with Crippen LogP contribution in [0, 0.1) is 0 Å². The SMILES string of the molecule is O=C1c2cccc3cccc(c23)N1S(=O)(=O)c1cccs1. The van der Waals surface area contributed by atoms with Gasteiger partial charge in [0.2, 0.25) is 0 Å². The van der Waals surface area contributed by atoms with Gasteiger partial charge in [-0.3, -0.25) is 4.79 Å². The summed E-state index contributed by atoms with van der Waals surface area (Å²) in [6.07, 6.45) is 0. The number of hydrogen-bond donors (Lipinski definition) is 0. The summed E-state index contributed by atoms with van der Waals surface area (Å²) >= 11 is 1.11. The smallest absolute Gasteiger partial charge is 0.268 e. The lowest BCUT2D eigenvalue weighted by atomic mass is 10.1. The number of anilines is 1. The third kappa shape index (κ3) is 1.60. The normalized spacial score (nSPS) is 14.1. The summed E-state index contributed by atoms with van der Waals surface area (Å²) < 4.78 is 26.5. The molecule has 1 aromatic heterocycles. The number of rotatable bonds is 2. The number of benzene rings is 2. The summed E-state index contributed by atoms with van der Waals surface area (Å²) in [7, 11) is -3.86. The highest BCUT2D eigenvalue weighted by atomic mass is 32.2. The molecule has 2 heterocycles. The molecule has 0 unspecified atom stereocenters. The molecule has 104 valence electrons. The zero-order valence-electron chi connectivity index (χ0n) is 10.7. The fourth-order valence-corrected chi connectivity index (χ4v) is 5.11. The third-order valence-electron chi connectivity index (χ3n) is 3.51. The predicted molar refractivity (Wildman–Crippen MR) is 82.3 cm³/mol. The highest BCUT2D eigenvalue weighted by Crippen LogP contribution is 2.40. The van der Waals surface area contributed by atoms with Crippen molar-refractivity contribution >= 4 is 43.7 Å². The number of carbonyl (C=O) groups excluding carboxylic acids is 1. The van der Waals surface area contributed by atoms with Gasteiger partial charge >= 0.3 is 0 Å². The molecule has 6 heteroatoms. The molecule has 0 spiro atoms. The van der Waals surface area contributed by atoms with E-state index < -0.39 is 15.9 Å². The van der Waals surface area contributed by atoms with Gasteiger partial charge in [-0.15, -0.1) is 11.3 Å². The van der Waals surface area contributed by atoms with Crippen molar-refractivity contribution < 1.29 is 13.2 Å². The predicted octanol–water partition coefficient (Wildman–Crippen LogP) is 3.25. The maximum absolute atomic E-state index is 12.7. The largest absolute Gasteiger partial charge is 0.280 e. The molecule has 3 aromatic rings. The number of thiophene rings is 1. The van der Waals surface area contributed by atoms with Crippen LogP contribution in [0.3, 0.4) is 0 Å². The van der Waals surface area contributed by atoms with Crippen molar-refractivity contribution in [1.29, 1.82) is 0 Å². The Morgan fingerprint density at radius 1 is 0.952 bits per heavy atom. The van der Waals surface area contributed by atoms with Gasteiger partial charge in [-0.05, 0) is 29.0 Å². The molecule has 0 saturated carbocycles.